The minimum absolute atomic E-state index is 0.153. The molecule has 1 amide bonds. The molecule has 1 aliphatic rings. The van der Waals surface area contributed by atoms with Crippen molar-refractivity contribution in [3.05, 3.63) is 57.8 Å². The predicted molar refractivity (Wildman–Crippen MR) is 100 cm³/mol. The number of likely N-dealkylation sites (tertiary alicyclic amines) is 1. The van der Waals surface area contributed by atoms with Gasteiger partial charge >= 0.3 is 0 Å². The van der Waals surface area contributed by atoms with Gasteiger partial charge in [-0.15, -0.1) is 11.3 Å². The van der Waals surface area contributed by atoms with E-state index in [1.807, 2.05) is 6.07 Å². The Morgan fingerprint density at radius 2 is 1.96 bits per heavy atom. The fraction of sp³-hybridized carbons (Fsp3) is 0.450. The zero-order valence-corrected chi connectivity index (χ0v) is 15.1. The molecule has 2 heterocycles. The van der Waals surface area contributed by atoms with E-state index < -0.39 is 0 Å². The van der Waals surface area contributed by atoms with Gasteiger partial charge in [0, 0.05) is 17.8 Å². The number of nitrogens with zero attached hydrogens (tertiary/aromatic N) is 1. The predicted octanol–water partition coefficient (Wildman–Crippen LogP) is 3.94. The van der Waals surface area contributed by atoms with E-state index in [1.165, 1.54) is 28.8 Å². The second-order valence-electron chi connectivity index (χ2n) is 6.55. The molecule has 1 N–H and O–H groups in total. The lowest BCUT2D eigenvalue weighted by atomic mass is 10.0. The number of rotatable bonds is 7. The summed E-state index contributed by atoms with van der Waals surface area (Å²) in [5, 5.41) is 5.22. The first-order chi connectivity index (χ1) is 11.7. The van der Waals surface area contributed by atoms with Crippen molar-refractivity contribution in [1.82, 2.24) is 10.2 Å². The van der Waals surface area contributed by atoms with E-state index in [1.54, 1.807) is 11.3 Å². The van der Waals surface area contributed by atoms with Crippen LogP contribution >= 0.6 is 11.3 Å². The maximum Gasteiger partial charge on any atom is 0.220 e. The average Bonchev–Trinajstić information content (AvgIpc) is 3.28. The lowest BCUT2D eigenvalue weighted by molar-refractivity contribution is -0.121. The van der Waals surface area contributed by atoms with Crippen LogP contribution in [-0.2, 0) is 11.2 Å². The SMILES string of the molecule is Cc1ccc(C(CNC(=O)CCc2cccs2)N2CCCC2)cc1. The Labute approximate surface area is 148 Å². The third kappa shape index (κ3) is 4.68. The standard InChI is InChI=1S/C20H26N2OS/c1-16-6-8-17(9-7-16)19(22-12-2-3-13-22)15-21-20(23)11-10-18-5-4-14-24-18/h4-9,14,19H,2-3,10-13,15H2,1H3,(H,21,23). The summed E-state index contributed by atoms with van der Waals surface area (Å²) in [5.41, 5.74) is 2.58. The van der Waals surface area contributed by atoms with Gasteiger partial charge < -0.3 is 5.32 Å². The molecule has 24 heavy (non-hydrogen) atoms. The number of hydrogen-bond acceptors (Lipinski definition) is 3. The molecule has 1 atom stereocenters. The number of carbonyl (C=O) groups excluding carboxylic acids is 1. The van der Waals surface area contributed by atoms with Crippen molar-refractivity contribution < 1.29 is 4.79 Å². The van der Waals surface area contributed by atoms with Gasteiger partial charge in [-0.1, -0.05) is 35.9 Å². The van der Waals surface area contributed by atoms with Gasteiger partial charge in [0.15, 0.2) is 0 Å². The first-order valence-electron chi connectivity index (χ1n) is 8.82. The quantitative estimate of drug-likeness (QED) is 0.826. The van der Waals surface area contributed by atoms with E-state index in [4.69, 9.17) is 0 Å². The molecule has 1 aromatic carbocycles. The molecule has 3 rings (SSSR count). The maximum absolute atomic E-state index is 12.2. The van der Waals surface area contributed by atoms with Crippen LogP contribution in [0.25, 0.3) is 0 Å². The first-order valence-corrected chi connectivity index (χ1v) is 9.70. The topological polar surface area (TPSA) is 32.3 Å². The van der Waals surface area contributed by atoms with Crippen molar-refractivity contribution >= 4 is 17.2 Å². The van der Waals surface area contributed by atoms with Crippen LogP contribution in [0.4, 0.5) is 0 Å². The lowest BCUT2D eigenvalue weighted by Crippen LogP contribution is -2.36. The van der Waals surface area contributed by atoms with E-state index in [-0.39, 0.29) is 5.91 Å². The molecule has 2 aromatic rings. The second kappa shape index (κ2) is 8.45. The molecule has 4 heteroatoms. The van der Waals surface area contributed by atoms with Crippen LogP contribution in [0, 0.1) is 6.92 Å². The molecular formula is C20H26N2OS. The van der Waals surface area contributed by atoms with Gasteiger partial charge in [-0.2, -0.15) is 0 Å². The highest BCUT2D eigenvalue weighted by atomic mass is 32.1. The molecule has 0 aliphatic carbocycles. The smallest absolute Gasteiger partial charge is 0.220 e. The maximum atomic E-state index is 12.2. The van der Waals surface area contributed by atoms with E-state index in [9.17, 15) is 4.79 Å². The summed E-state index contributed by atoms with van der Waals surface area (Å²) >= 11 is 1.72. The van der Waals surface area contributed by atoms with Crippen LogP contribution in [0.1, 0.15) is 41.3 Å². The van der Waals surface area contributed by atoms with Crippen LogP contribution in [0.15, 0.2) is 41.8 Å². The molecule has 1 saturated heterocycles. The average molecular weight is 343 g/mol. The fourth-order valence-electron chi connectivity index (χ4n) is 3.29. The first kappa shape index (κ1) is 17.2. The van der Waals surface area contributed by atoms with Crippen molar-refractivity contribution in [2.45, 2.75) is 38.6 Å². The molecule has 128 valence electrons. The zero-order chi connectivity index (χ0) is 16.8. The third-order valence-electron chi connectivity index (χ3n) is 4.71. The number of thiophene rings is 1. The van der Waals surface area contributed by atoms with Gasteiger partial charge in [-0.3, -0.25) is 9.69 Å². The Kier molecular flexibility index (Phi) is 6.05. The minimum atomic E-state index is 0.153. The molecule has 1 aliphatic heterocycles. The van der Waals surface area contributed by atoms with Gasteiger partial charge in [0.2, 0.25) is 5.91 Å². The number of benzene rings is 1. The van der Waals surface area contributed by atoms with Crippen molar-refractivity contribution in [3.63, 3.8) is 0 Å². The third-order valence-corrected chi connectivity index (χ3v) is 5.65. The highest BCUT2D eigenvalue weighted by Gasteiger charge is 2.23. The van der Waals surface area contributed by atoms with Crippen LogP contribution in [0.5, 0.6) is 0 Å². The minimum Gasteiger partial charge on any atom is -0.354 e. The summed E-state index contributed by atoms with van der Waals surface area (Å²) < 4.78 is 0. The Hall–Kier alpha value is -1.65. The summed E-state index contributed by atoms with van der Waals surface area (Å²) in [5.74, 6) is 0.153. The number of carbonyl (C=O) groups is 1. The van der Waals surface area contributed by atoms with E-state index in [2.05, 4.69) is 52.9 Å². The summed E-state index contributed by atoms with van der Waals surface area (Å²) in [6.07, 6.45) is 3.92. The van der Waals surface area contributed by atoms with Gasteiger partial charge in [0.1, 0.15) is 0 Å². The number of nitrogens with one attached hydrogen (secondary N) is 1. The Balaban J connectivity index is 1.57. The second-order valence-corrected chi connectivity index (χ2v) is 7.59. The molecule has 0 bridgehead atoms. The van der Waals surface area contributed by atoms with Crippen molar-refractivity contribution in [3.8, 4) is 0 Å². The molecular weight excluding hydrogens is 316 g/mol. The van der Waals surface area contributed by atoms with Gasteiger partial charge in [-0.05, 0) is 56.3 Å². The molecule has 0 saturated carbocycles. The van der Waals surface area contributed by atoms with Crippen LogP contribution in [0.3, 0.4) is 0 Å². The van der Waals surface area contributed by atoms with E-state index in [0.717, 1.165) is 19.5 Å². The summed E-state index contributed by atoms with van der Waals surface area (Å²) in [6, 6.07) is 13.2. The number of hydrogen-bond donors (Lipinski definition) is 1. The zero-order valence-electron chi connectivity index (χ0n) is 14.3. The van der Waals surface area contributed by atoms with Crippen LogP contribution in [-0.4, -0.2) is 30.4 Å². The lowest BCUT2D eigenvalue weighted by Gasteiger charge is -2.28. The van der Waals surface area contributed by atoms with Crippen molar-refractivity contribution in [2.75, 3.05) is 19.6 Å². The van der Waals surface area contributed by atoms with Crippen LogP contribution < -0.4 is 5.32 Å². The number of aryl methyl sites for hydroxylation is 2. The van der Waals surface area contributed by atoms with Crippen molar-refractivity contribution in [2.24, 2.45) is 0 Å². The molecule has 0 spiro atoms. The van der Waals surface area contributed by atoms with Crippen LogP contribution in [0.2, 0.25) is 0 Å². The summed E-state index contributed by atoms with van der Waals surface area (Å²) in [4.78, 5) is 16.0. The molecule has 1 aromatic heterocycles. The number of amides is 1. The molecule has 1 unspecified atom stereocenters. The highest BCUT2D eigenvalue weighted by molar-refractivity contribution is 7.09. The van der Waals surface area contributed by atoms with Gasteiger partial charge in [-0.25, -0.2) is 0 Å². The molecule has 1 fully saturated rings. The van der Waals surface area contributed by atoms with Gasteiger partial charge in [0.05, 0.1) is 6.04 Å². The Morgan fingerprint density at radius 1 is 1.21 bits per heavy atom. The largest absolute Gasteiger partial charge is 0.354 e. The normalized spacial score (nSPS) is 16.2. The van der Waals surface area contributed by atoms with Gasteiger partial charge in [0.25, 0.3) is 0 Å². The highest BCUT2D eigenvalue weighted by Crippen LogP contribution is 2.25. The van der Waals surface area contributed by atoms with E-state index in [0.29, 0.717) is 19.0 Å². The monoisotopic (exact) mass is 342 g/mol. The van der Waals surface area contributed by atoms with Crippen molar-refractivity contribution in [1.29, 1.82) is 0 Å². The summed E-state index contributed by atoms with van der Waals surface area (Å²) in [6.45, 7) is 5.07. The summed E-state index contributed by atoms with van der Waals surface area (Å²) in [7, 11) is 0. The molecule has 0 radical (unpaired) electrons. The Morgan fingerprint density at radius 3 is 2.62 bits per heavy atom. The van der Waals surface area contributed by atoms with E-state index >= 15 is 0 Å². The molecule has 3 nitrogen and oxygen atoms in total. The fourth-order valence-corrected chi connectivity index (χ4v) is 4.00. The Bertz CT molecular complexity index is 630.